The van der Waals surface area contributed by atoms with Crippen LogP contribution in [0.15, 0.2) is 53.5 Å². The zero-order chi connectivity index (χ0) is 21.3. The summed E-state index contributed by atoms with van der Waals surface area (Å²) in [7, 11) is 0. The van der Waals surface area contributed by atoms with Gasteiger partial charge in [-0.3, -0.25) is 4.79 Å². The van der Waals surface area contributed by atoms with Crippen molar-refractivity contribution in [1.29, 1.82) is 0 Å². The van der Waals surface area contributed by atoms with Crippen molar-refractivity contribution in [1.82, 2.24) is 4.98 Å². The summed E-state index contributed by atoms with van der Waals surface area (Å²) in [6.45, 7) is -0.645. The van der Waals surface area contributed by atoms with Crippen LogP contribution in [-0.4, -0.2) is 23.8 Å². The van der Waals surface area contributed by atoms with Gasteiger partial charge in [-0.1, -0.05) is 23.7 Å². The number of rotatable bonds is 5. The molecule has 0 spiro atoms. The second-order valence-electron chi connectivity index (χ2n) is 7.92. The van der Waals surface area contributed by atoms with Gasteiger partial charge in [-0.2, -0.15) is 0 Å². The molecule has 3 aromatic rings. The Morgan fingerprint density at radius 3 is 2.57 bits per heavy atom. The van der Waals surface area contributed by atoms with Gasteiger partial charge in [-0.15, -0.1) is 0 Å². The minimum absolute atomic E-state index is 0.109. The monoisotopic (exact) mass is 432 g/mol. The molecule has 4 rings (SSSR count). The van der Waals surface area contributed by atoms with Crippen molar-refractivity contribution >= 4 is 22.4 Å². The predicted molar refractivity (Wildman–Crippen MR) is 114 cm³/mol. The molecular weight excluding hydrogens is 410 g/mol. The van der Waals surface area contributed by atoms with Gasteiger partial charge in [-0.25, -0.2) is 8.78 Å². The molecule has 1 aromatic heterocycles. The van der Waals surface area contributed by atoms with Crippen LogP contribution in [0.1, 0.15) is 31.2 Å². The molecule has 1 saturated carbocycles. The highest BCUT2D eigenvalue weighted by molar-refractivity contribution is 6.32. The number of halogens is 3. The normalized spacial score (nSPS) is 22.7. The molecule has 1 aliphatic rings. The van der Waals surface area contributed by atoms with Crippen LogP contribution in [0.25, 0.3) is 10.8 Å². The summed E-state index contributed by atoms with van der Waals surface area (Å²) in [6.07, 6.45) is 4.04. The molecule has 1 heterocycles. The molecular formula is C23H23ClF2N2O2. The molecule has 1 aliphatic carbocycles. The molecule has 2 aromatic carbocycles. The van der Waals surface area contributed by atoms with E-state index in [1.807, 2.05) is 0 Å². The van der Waals surface area contributed by atoms with Gasteiger partial charge in [0, 0.05) is 23.0 Å². The summed E-state index contributed by atoms with van der Waals surface area (Å²) in [5.74, 6) is 0.188. The lowest BCUT2D eigenvalue weighted by molar-refractivity contribution is 0.0991. The number of alkyl halides is 1. The average Bonchev–Trinajstić information content (AvgIpc) is 2.76. The first-order chi connectivity index (χ1) is 14.4. The minimum atomic E-state index is -0.667. The van der Waals surface area contributed by atoms with Crippen molar-refractivity contribution in [3.8, 4) is 5.75 Å². The van der Waals surface area contributed by atoms with Gasteiger partial charge in [0.2, 0.25) is 0 Å². The predicted octanol–water partition coefficient (Wildman–Crippen LogP) is 4.88. The van der Waals surface area contributed by atoms with Crippen LogP contribution in [0.5, 0.6) is 5.75 Å². The second-order valence-corrected chi connectivity index (χ2v) is 8.32. The third kappa shape index (κ3) is 3.82. The number of nitrogens with two attached hydrogens (primary N) is 1. The van der Waals surface area contributed by atoms with E-state index in [9.17, 15) is 13.6 Å². The molecule has 0 amide bonds. The van der Waals surface area contributed by atoms with E-state index < -0.39 is 18.1 Å². The summed E-state index contributed by atoms with van der Waals surface area (Å²) in [5, 5.41) is 1.62. The highest BCUT2D eigenvalue weighted by Crippen LogP contribution is 2.43. The van der Waals surface area contributed by atoms with Gasteiger partial charge in [0.1, 0.15) is 18.2 Å². The van der Waals surface area contributed by atoms with E-state index in [1.165, 1.54) is 12.1 Å². The SMILES string of the molecule is N[C@H](CF)[C@]1(c2ccc(F)cc2)CC[C@@H](Oc2cc3cc[nH]c(=O)c3cc2Cl)CC1. The topological polar surface area (TPSA) is 68.1 Å². The van der Waals surface area contributed by atoms with E-state index in [1.54, 1.807) is 36.5 Å². The zero-order valence-electron chi connectivity index (χ0n) is 16.3. The molecule has 158 valence electrons. The number of nitrogens with one attached hydrogen (secondary N) is 1. The van der Waals surface area contributed by atoms with Gasteiger partial charge in [0.15, 0.2) is 0 Å². The lowest BCUT2D eigenvalue weighted by atomic mass is 9.64. The van der Waals surface area contributed by atoms with Gasteiger partial charge in [0.25, 0.3) is 5.56 Å². The first kappa shape index (κ1) is 20.8. The molecule has 4 nitrogen and oxygen atoms in total. The van der Waals surface area contributed by atoms with E-state index in [0.29, 0.717) is 41.8 Å². The Morgan fingerprint density at radius 1 is 1.20 bits per heavy atom. The molecule has 0 saturated heterocycles. The van der Waals surface area contributed by atoms with Crippen molar-refractivity contribution in [2.24, 2.45) is 5.73 Å². The Kier molecular flexibility index (Phi) is 5.80. The number of aromatic nitrogens is 1. The summed E-state index contributed by atoms with van der Waals surface area (Å²) < 4.78 is 33.1. The van der Waals surface area contributed by atoms with E-state index in [4.69, 9.17) is 22.1 Å². The number of pyridine rings is 1. The van der Waals surface area contributed by atoms with Crippen LogP contribution in [-0.2, 0) is 5.41 Å². The van der Waals surface area contributed by atoms with Crippen LogP contribution in [0, 0.1) is 5.82 Å². The Labute approximate surface area is 178 Å². The smallest absolute Gasteiger partial charge is 0.255 e. The minimum Gasteiger partial charge on any atom is -0.489 e. The maximum absolute atomic E-state index is 13.6. The second kappa shape index (κ2) is 8.36. The van der Waals surface area contributed by atoms with E-state index in [-0.39, 0.29) is 17.5 Å². The zero-order valence-corrected chi connectivity index (χ0v) is 17.1. The summed E-state index contributed by atoms with van der Waals surface area (Å²) in [5.41, 5.74) is 6.29. The Bertz CT molecular complexity index is 1090. The number of hydrogen-bond acceptors (Lipinski definition) is 3. The van der Waals surface area contributed by atoms with Gasteiger partial charge in [-0.05, 0) is 67.0 Å². The fourth-order valence-electron chi connectivity index (χ4n) is 4.49. The molecule has 1 fully saturated rings. The number of ether oxygens (including phenoxy) is 1. The van der Waals surface area contributed by atoms with Crippen LogP contribution >= 0.6 is 11.6 Å². The first-order valence-corrected chi connectivity index (χ1v) is 10.4. The summed E-state index contributed by atoms with van der Waals surface area (Å²) in [4.78, 5) is 14.6. The molecule has 0 unspecified atom stereocenters. The molecule has 0 aliphatic heterocycles. The van der Waals surface area contributed by atoms with E-state index >= 15 is 0 Å². The lowest BCUT2D eigenvalue weighted by Gasteiger charge is -2.44. The maximum atomic E-state index is 13.6. The Morgan fingerprint density at radius 2 is 1.90 bits per heavy atom. The lowest BCUT2D eigenvalue weighted by Crippen LogP contribution is -2.50. The number of H-pyrrole nitrogens is 1. The van der Waals surface area contributed by atoms with Crippen LogP contribution in [0.2, 0.25) is 5.02 Å². The summed E-state index contributed by atoms with van der Waals surface area (Å²) in [6, 6.07) is 10.7. The largest absolute Gasteiger partial charge is 0.489 e. The van der Waals surface area contributed by atoms with E-state index in [0.717, 1.165) is 10.9 Å². The highest BCUT2D eigenvalue weighted by Gasteiger charge is 2.42. The third-order valence-electron chi connectivity index (χ3n) is 6.24. The summed E-state index contributed by atoms with van der Waals surface area (Å²) >= 11 is 6.35. The third-order valence-corrected chi connectivity index (χ3v) is 6.54. The number of benzene rings is 2. The van der Waals surface area contributed by atoms with Crippen LogP contribution in [0.4, 0.5) is 8.78 Å². The molecule has 0 bridgehead atoms. The molecule has 1 atom stereocenters. The fraction of sp³-hybridized carbons (Fsp3) is 0.348. The van der Waals surface area contributed by atoms with Crippen LogP contribution < -0.4 is 16.0 Å². The molecule has 3 N–H and O–H groups in total. The molecule has 7 heteroatoms. The van der Waals surface area contributed by atoms with Crippen molar-refractivity contribution in [2.45, 2.75) is 43.2 Å². The van der Waals surface area contributed by atoms with E-state index in [2.05, 4.69) is 4.98 Å². The van der Waals surface area contributed by atoms with Crippen molar-refractivity contribution in [3.05, 3.63) is 75.4 Å². The average molecular weight is 433 g/mol. The van der Waals surface area contributed by atoms with Gasteiger partial charge >= 0.3 is 0 Å². The number of fused-ring (bicyclic) bond motifs is 1. The highest BCUT2D eigenvalue weighted by atomic mass is 35.5. The van der Waals surface area contributed by atoms with Crippen molar-refractivity contribution in [2.75, 3.05) is 6.67 Å². The standard InChI is InChI=1S/C23H23ClF2N2O2/c24-19-12-18-14(7-10-28-22(18)29)11-20(19)30-17-5-8-23(9-6-17,21(27)13-25)15-1-3-16(26)4-2-15/h1-4,7,10-12,17,21H,5-6,8-9,13,27H2,(H,28,29)/t17-,21-,23-/m1/s1. The number of hydrogen-bond donors (Lipinski definition) is 2. The maximum Gasteiger partial charge on any atom is 0.255 e. The first-order valence-electron chi connectivity index (χ1n) is 9.98. The Hall–Kier alpha value is -2.44. The van der Waals surface area contributed by atoms with Gasteiger partial charge < -0.3 is 15.5 Å². The van der Waals surface area contributed by atoms with Crippen LogP contribution in [0.3, 0.4) is 0 Å². The Balaban J connectivity index is 1.55. The van der Waals surface area contributed by atoms with Gasteiger partial charge in [0.05, 0.1) is 11.1 Å². The van der Waals surface area contributed by atoms with Crippen molar-refractivity contribution < 1.29 is 13.5 Å². The molecule has 0 radical (unpaired) electrons. The fourth-order valence-corrected chi connectivity index (χ4v) is 4.69. The molecule has 30 heavy (non-hydrogen) atoms. The quantitative estimate of drug-likeness (QED) is 0.604. The number of aromatic amines is 1. The van der Waals surface area contributed by atoms with Crippen molar-refractivity contribution in [3.63, 3.8) is 0 Å².